The number of hydrogen-bond acceptors (Lipinski definition) is 5. The summed E-state index contributed by atoms with van der Waals surface area (Å²) < 4.78 is 5.60. The van der Waals surface area contributed by atoms with Crippen molar-refractivity contribution < 1.29 is 14.6 Å². The molecule has 0 radical (unpaired) electrons. The standard InChI is InChI=1S/C15H20N2O3S/c1-9-12(15(18)19)14(17-13(16-9)10-4-5-10)21-8-6-11-3-2-7-20-11/h10-11H,2-8H2,1H3,(H,18,19). The number of aryl methyl sites for hydroxylation is 1. The van der Waals surface area contributed by atoms with Gasteiger partial charge in [0.05, 0.1) is 11.8 Å². The molecule has 114 valence electrons. The molecule has 1 N–H and O–H groups in total. The highest BCUT2D eigenvalue weighted by molar-refractivity contribution is 7.99. The van der Waals surface area contributed by atoms with Gasteiger partial charge in [-0.3, -0.25) is 0 Å². The minimum absolute atomic E-state index is 0.261. The summed E-state index contributed by atoms with van der Waals surface area (Å²) in [7, 11) is 0. The van der Waals surface area contributed by atoms with E-state index in [-0.39, 0.29) is 5.56 Å². The average Bonchev–Trinajstić information content (AvgIpc) is 3.16. The van der Waals surface area contributed by atoms with E-state index in [4.69, 9.17) is 4.74 Å². The molecule has 0 bridgehead atoms. The molecule has 2 fully saturated rings. The van der Waals surface area contributed by atoms with Gasteiger partial charge in [-0.05, 0) is 39.0 Å². The molecule has 0 aromatic carbocycles. The van der Waals surface area contributed by atoms with Crippen molar-refractivity contribution >= 4 is 17.7 Å². The number of carboxylic acids is 1. The second-order valence-corrected chi connectivity index (χ2v) is 6.78. The van der Waals surface area contributed by atoms with E-state index in [1.54, 1.807) is 6.92 Å². The molecule has 1 saturated heterocycles. The molecule has 1 aromatic heterocycles. The van der Waals surface area contributed by atoms with Crippen molar-refractivity contribution in [1.82, 2.24) is 9.97 Å². The Morgan fingerprint density at radius 3 is 2.81 bits per heavy atom. The van der Waals surface area contributed by atoms with E-state index >= 15 is 0 Å². The van der Waals surface area contributed by atoms with Gasteiger partial charge in [0.2, 0.25) is 0 Å². The third kappa shape index (κ3) is 3.55. The summed E-state index contributed by atoms with van der Waals surface area (Å²) in [6, 6.07) is 0. The van der Waals surface area contributed by atoms with Gasteiger partial charge in [-0.1, -0.05) is 0 Å². The summed E-state index contributed by atoms with van der Waals surface area (Å²) in [6.45, 7) is 2.62. The SMILES string of the molecule is Cc1nc(C2CC2)nc(SCCC2CCCO2)c1C(=O)O. The fourth-order valence-electron chi connectivity index (χ4n) is 2.60. The van der Waals surface area contributed by atoms with Crippen LogP contribution in [0.25, 0.3) is 0 Å². The maximum Gasteiger partial charge on any atom is 0.340 e. The molecule has 2 heterocycles. The smallest absolute Gasteiger partial charge is 0.340 e. The van der Waals surface area contributed by atoms with Gasteiger partial charge in [0.1, 0.15) is 16.4 Å². The number of aromatic carboxylic acids is 1. The molecular weight excluding hydrogens is 288 g/mol. The molecule has 2 aliphatic rings. The van der Waals surface area contributed by atoms with Gasteiger partial charge >= 0.3 is 5.97 Å². The maximum absolute atomic E-state index is 11.4. The molecule has 0 spiro atoms. The van der Waals surface area contributed by atoms with Gasteiger partial charge in [0.15, 0.2) is 0 Å². The van der Waals surface area contributed by atoms with Crippen LogP contribution in [-0.2, 0) is 4.74 Å². The number of rotatable bonds is 6. The molecule has 1 aliphatic carbocycles. The fourth-order valence-corrected chi connectivity index (χ4v) is 3.71. The number of carbonyl (C=O) groups is 1. The highest BCUT2D eigenvalue weighted by Crippen LogP contribution is 2.39. The van der Waals surface area contributed by atoms with Crippen LogP contribution in [0.3, 0.4) is 0 Å². The predicted octanol–water partition coefficient (Wildman–Crippen LogP) is 3.02. The van der Waals surface area contributed by atoms with Gasteiger partial charge in [0.25, 0.3) is 0 Å². The zero-order valence-electron chi connectivity index (χ0n) is 12.2. The Hall–Kier alpha value is -1.14. The summed E-state index contributed by atoms with van der Waals surface area (Å²) >= 11 is 1.52. The molecule has 1 saturated carbocycles. The molecule has 1 atom stereocenters. The van der Waals surface area contributed by atoms with Crippen molar-refractivity contribution in [3.8, 4) is 0 Å². The number of carboxylic acid groups (broad SMARTS) is 1. The first kappa shape index (κ1) is 14.8. The Morgan fingerprint density at radius 1 is 1.38 bits per heavy atom. The first-order valence-corrected chi connectivity index (χ1v) is 8.50. The summed E-state index contributed by atoms with van der Waals surface area (Å²) in [5, 5.41) is 10.0. The van der Waals surface area contributed by atoms with Crippen LogP contribution in [0.5, 0.6) is 0 Å². The van der Waals surface area contributed by atoms with Crippen molar-refractivity contribution in [2.45, 2.75) is 56.1 Å². The number of ether oxygens (including phenoxy) is 1. The largest absolute Gasteiger partial charge is 0.478 e. The van der Waals surface area contributed by atoms with Gasteiger partial charge in [-0.2, -0.15) is 0 Å². The number of thioether (sulfide) groups is 1. The Labute approximate surface area is 128 Å². The molecule has 6 heteroatoms. The van der Waals surface area contributed by atoms with E-state index in [0.29, 0.717) is 22.7 Å². The minimum Gasteiger partial charge on any atom is -0.478 e. The lowest BCUT2D eigenvalue weighted by molar-refractivity contribution is 0.0690. The van der Waals surface area contributed by atoms with Crippen molar-refractivity contribution in [2.24, 2.45) is 0 Å². The lowest BCUT2D eigenvalue weighted by Gasteiger charge is -2.11. The molecule has 21 heavy (non-hydrogen) atoms. The number of hydrogen-bond donors (Lipinski definition) is 1. The van der Waals surface area contributed by atoms with Gasteiger partial charge < -0.3 is 9.84 Å². The van der Waals surface area contributed by atoms with Crippen LogP contribution in [-0.4, -0.2) is 39.5 Å². The third-order valence-corrected chi connectivity index (χ3v) is 4.94. The second kappa shape index (κ2) is 6.32. The summed E-state index contributed by atoms with van der Waals surface area (Å²) in [4.78, 5) is 20.3. The zero-order valence-corrected chi connectivity index (χ0v) is 13.0. The topological polar surface area (TPSA) is 72.3 Å². The molecule has 5 nitrogen and oxygen atoms in total. The zero-order chi connectivity index (χ0) is 14.8. The van der Waals surface area contributed by atoms with Crippen molar-refractivity contribution in [3.63, 3.8) is 0 Å². The van der Waals surface area contributed by atoms with E-state index in [2.05, 4.69) is 9.97 Å². The fraction of sp³-hybridized carbons (Fsp3) is 0.667. The van der Waals surface area contributed by atoms with Crippen LogP contribution in [0.15, 0.2) is 5.03 Å². The molecule has 3 rings (SSSR count). The average molecular weight is 308 g/mol. The third-order valence-electron chi connectivity index (χ3n) is 3.93. The monoisotopic (exact) mass is 308 g/mol. The normalized spacial score (nSPS) is 21.7. The predicted molar refractivity (Wildman–Crippen MR) is 80.0 cm³/mol. The summed E-state index contributed by atoms with van der Waals surface area (Å²) in [6.07, 6.45) is 5.76. The van der Waals surface area contributed by atoms with E-state index in [1.165, 1.54) is 11.8 Å². The van der Waals surface area contributed by atoms with Crippen LogP contribution in [0.1, 0.15) is 59.9 Å². The highest BCUT2D eigenvalue weighted by atomic mass is 32.2. The van der Waals surface area contributed by atoms with Crippen molar-refractivity contribution in [3.05, 3.63) is 17.1 Å². The first-order valence-electron chi connectivity index (χ1n) is 7.51. The Bertz CT molecular complexity index is 540. The lowest BCUT2D eigenvalue weighted by atomic mass is 10.2. The lowest BCUT2D eigenvalue weighted by Crippen LogP contribution is -2.10. The maximum atomic E-state index is 11.4. The molecule has 1 aliphatic heterocycles. The molecule has 1 aromatic rings. The molecular formula is C15H20N2O3S. The van der Waals surface area contributed by atoms with E-state index in [0.717, 1.165) is 50.3 Å². The van der Waals surface area contributed by atoms with E-state index in [1.807, 2.05) is 0 Å². The second-order valence-electron chi connectivity index (χ2n) is 5.70. The van der Waals surface area contributed by atoms with Gasteiger partial charge in [-0.15, -0.1) is 11.8 Å². The highest BCUT2D eigenvalue weighted by Gasteiger charge is 2.29. The quantitative estimate of drug-likeness (QED) is 0.643. The van der Waals surface area contributed by atoms with E-state index in [9.17, 15) is 9.90 Å². The number of aromatic nitrogens is 2. The summed E-state index contributed by atoms with van der Waals surface area (Å²) in [5.41, 5.74) is 0.843. The van der Waals surface area contributed by atoms with Crippen LogP contribution >= 0.6 is 11.8 Å². The minimum atomic E-state index is -0.936. The molecule has 0 amide bonds. The Balaban J connectivity index is 1.72. The Kier molecular flexibility index (Phi) is 4.45. The van der Waals surface area contributed by atoms with Crippen LogP contribution in [0.4, 0.5) is 0 Å². The Morgan fingerprint density at radius 2 is 2.19 bits per heavy atom. The molecule has 1 unspecified atom stereocenters. The van der Waals surface area contributed by atoms with Crippen LogP contribution in [0, 0.1) is 6.92 Å². The van der Waals surface area contributed by atoms with Gasteiger partial charge in [-0.25, -0.2) is 14.8 Å². The van der Waals surface area contributed by atoms with Crippen LogP contribution in [0.2, 0.25) is 0 Å². The van der Waals surface area contributed by atoms with Gasteiger partial charge in [0, 0.05) is 18.3 Å². The summed E-state index contributed by atoms with van der Waals surface area (Å²) in [5.74, 6) is 1.15. The van der Waals surface area contributed by atoms with Crippen molar-refractivity contribution in [1.29, 1.82) is 0 Å². The van der Waals surface area contributed by atoms with Crippen molar-refractivity contribution in [2.75, 3.05) is 12.4 Å². The first-order chi connectivity index (χ1) is 10.1. The van der Waals surface area contributed by atoms with E-state index < -0.39 is 5.97 Å². The number of nitrogens with zero attached hydrogens (tertiary/aromatic N) is 2. The van der Waals surface area contributed by atoms with Crippen LogP contribution < -0.4 is 0 Å².